The highest BCUT2D eigenvalue weighted by atomic mass is 79.9. The highest BCUT2D eigenvalue weighted by Crippen LogP contribution is 2.60. The van der Waals surface area contributed by atoms with E-state index in [-0.39, 0.29) is 41.1 Å². The van der Waals surface area contributed by atoms with Gasteiger partial charge in [0, 0.05) is 5.92 Å². The van der Waals surface area contributed by atoms with E-state index >= 15 is 0 Å². The number of esters is 2. The number of fused-ring (bicyclic) bond motifs is 1. The Balaban J connectivity index is 1.45. The van der Waals surface area contributed by atoms with Crippen LogP contribution >= 0.6 is 27.3 Å². The molecule has 4 rings (SSSR count). The van der Waals surface area contributed by atoms with Crippen molar-refractivity contribution in [3.63, 3.8) is 0 Å². The van der Waals surface area contributed by atoms with Crippen LogP contribution in [0.15, 0.2) is 17.5 Å². The molecule has 3 fully saturated rings. The Kier molecular flexibility index (Phi) is 3.38. The lowest BCUT2D eigenvalue weighted by atomic mass is 9.80. The van der Waals surface area contributed by atoms with Crippen molar-refractivity contribution in [3.05, 3.63) is 22.4 Å². The minimum absolute atomic E-state index is 0.00532. The summed E-state index contributed by atoms with van der Waals surface area (Å²) in [4.78, 5) is 36.8. The summed E-state index contributed by atoms with van der Waals surface area (Å²) in [6.45, 7) is -0.272. The van der Waals surface area contributed by atoms with Gasteiger partial charge in [0.1, 0.15) is 6.10 Å². The number of hydrogen-bond acceptors (Lipinski definition) is 6. The molecule has 5 nitrogen and oxygen atoms in total. The van der Waals surface area contributed by atoms with Crippen molar-refractivity contribution >= 4 is 45.0 Å². The standard InChI is InChI=1S/C15H13BrO5S/c16-12-6-4-7-11(15(19)21-13(7)12)10(6)14(18)20-5-8(17)9-2-1-3-22-9/h1-3,6-7,10-13H,4-5H2/t6-,7-,10-,11+,12-,13+/m1/s1. The zero-order valence-electron chi connectivity index (χ0n) is 11.4. The maximum atomic E-state index is 12.4. The molecule has 6 atom stereocenters. The average Bonchev–Trinajstić information content (AvgIpc) is 3.22. The van der Waals surface area contributed by atoms with Gasteiger partial charge in [0.15, 0.2) is 6.61 Å². The zero-order chi connectivity index (χ0) is 15.4. The maximum absolute atomic E-state index is 12.4. The Morgan fingerprint density at radius 1 is 1.41 bits per heavy atom. The van der Waals surface area contributed by atoms with E-state index in [1.807, 2.05) is 0 Å². The highest BCUT2D eigenvalue weighted by Gasteiger charge is 2.68. The van der Waals surface area contributed by atoms with Crippen molar-refractivity contribution < 1.29 is 23.9 Å². The Bertz CT molecular complexity index is 642. The number of alkyl halides is 1. The number of rotatable bonds is 4. The average molecular weight is 385 g/mol. The number of ether oxygens (including phenoxy) is 2. The van der Waals surface area contributed by atoms with E-state index in [0.29, 0.717) is 4.88 Å². The quantitative estimate of drug-likeness (QED) is 0.451. The summed E-state index contributed by atoms with van der Waals surface area (Å²) in [5, 5.41) is 1.80. The Morgan fingerprint density at radius 2 is 2.23 bits per heavy atom. The smallest absolute Gasteiger partial charge is 0.310 e. The van der Waals surface area contributed by atoms with Gasteiger partial charge in [-0.1, -0.05) is 22.0 Å². The van der Waals surface area contributed by atoms with Gasteiger partial charge < -0.3 is 9.47 Å². The molecule has 1 saturated heterocycles. The Hall–Kier alpha value is -1.21. The molecule has 2 bridgehead atoms. The molecule has 0 radical (unpaired) electrons. The number of carbonyl (C=O) groups is 3. The summed E-state index contributed by atoms with van der Waals surface area (Å²) in [5.74, 6) is -1.70. The summed E-state index contributed by atoms with van der Waals surface area (Å²) < 4.78 is 10.6. The second-order valence-corrected chi connectivity index (χ2v) is 7.97. The minimum Gasteiger partial charge on any atom is -0.461 e. The van der Waals surface area contributed by atoms with Crippen molar-refractivity contribution in [2.75, 3.05) is 6.61 Å². The van der Waals surface area contributed by atoms with Gasteiger partial charge in [0.05, 0.1) is 21.5 Å². The molecule has 0 unspecified atom stereocenters. The molecule has 0 N–H and O–H groups in total. The van der Waals surface area contributed by atoms with E-state index in [9.17, 15) is 14.4 Å². The van der Waals surface area contributed by atoms with Crippen LogP contribution in [0.5, 0.6) is 0 Å². The fourth-order valence-electron chi connectivity index (χ4n) is 4.04. The van der Waals surface area contributed by atoms with Gasteiger partial charge in [-0.15, -0.1) is 11.3 Å². The number of carbonyl (C=O) groups excluding carboxylic acids is 3. The second-order valence-electron chi connectivity index (χ2n) is 5.97. The van der Waals surface area contributed by atoms with Crippen molar-refractivity contribution in [1.29, 1.82) is 0 Å². The van der Waals surface area contributed by atoms with E-state index in [1.54, 1.807) is 17.5 Å². The first-order valence-electron chi connectivity index (χ1n) is 7.16. The number of thiophene rings is 1. The van der Waals surface area contributed by atoms with Crippen LogP contribution in [0.4, 0.5) is 0 Å². The molecule has 2 heterocycles. The number of Topliss-reactive ketones (excluding diaryl/α,β-unsaturated/α-hetero) is 1. The summed E-state index contributed by atoms with van der Waals surface area (Å²) >= 11 is 4.86. The van der Waals surface area contributed by atoms with Crippen LogP contribution in [0.25, 0.3) is 0 Å². The van der Waals surface area contributed by atoms with E-state index in [4.69, 9.17) is 9.47 Å². The van der Waals surface area contributed by atoms with Crippen LogP contribution in [0.1, 0.15) is 16.1 Å². The van der Waals surface area contributed by atoms with Gasteiger partial charge in [-0.3, -0.25) is 14.4 Å². The summed E-state index contributed by atoms with van der Waals surface area (Å²) in [7, 11) is 0. The van der Waals surface area contributed by atoms with Gasteiger partial charge in [0.2, 0.25) is 5.78 Å². The first kappa shape index (κ1) is 14.4. The zero-order valence-corrected chi connectivity index (χ0v) is 13.8. The molecule has 2 saturated carbocycles. The minimum atomic E-state index is -0.489. The van der Waals surface area contributed by atoms with Crippen LogP contribution in [-0.4, -0.2) is 35.3 Å². The largest absolute Gasteiger partial charge is 0.461 e. The molecule has 7 heteroatoms. The Morgan fingerprint density at radius 3 is 2.95 bits per heavy atom. The number of hydrogen-bond donors (Lipinski definition) is 0. The van der Waals surface area contributed by atoms with E-state index < -0.39 is 17.8 Å². The van der Waals surface area contributed by atoms with Gasteiger partial charge in [-0.2, -0.15) is 0 Å². The summed E-state index contributed by atoms with van der Waals surface area (Å²) in [5.41, 5.74) is 0. The molecular weight excluding hydrogens is 372 g/mol. The van der Waals surface area contributed by atoms with Gasteiger partial charge >= 0.3 is 11.9 Å². The lowest BCUT2D eigenvalue weighted by Crippen LogP contribution is -2.39. The maximum Gasteiger partial charge on any atom is 0.310 e. The predicted molar refractivity (Wildman–Crippen MR) is 80.8 cm³/mol. The molecule has 2 aliphatic carbocycles. The van der Waals surface area contributed by atoms with E-state index in [0.717, 1.165) is 6.42 Å². The SMILES string of the molecule is O=C(COC(=O)[C@@H]1[C@H]2C[C@H]3[C@H](OC(=O)[C@@H]31)[C@@H]2Br)c1cccs1. The molecule has 0 spiro atoms. The molecular formula is C15H13BrO5S. The molecule has 0 amide bonds. The lowest BCUT2D eigenvalue weighted by Gasteiger charge is -2.26. The summed E-state index contributed by atoms with van der Waals surface area (Å²) in [6, 6.07) is 3.48. The van der Waals surface area contributed by atoms with Crippen LogP contribution < -0.4 is 0 Å². The van der Waals surface area contributed by atoms with Crippen LogP contribution in [-0.2, 0) is 19.1 Å². The molecule has 1 aromatic rings. The lowest BCUT2D eigenvalue weighted by molar-refractivity contribution is -0.154. The monoisotopic (exact) mass is 384 g/mol. The van der Waals surface area contributed by atoms with Crippen LogP contribution in [0.2, 0.25) is 0 Å². The first-order chi connectivity index (χ1) is 10.6. The van der Waals surface area contributed by atoms with Crippen LogP contribution in [0, 0.1) is 23.7 Å². The predicted octanol–water partition coefficient (Wildman–Crippen LogP) is 2.04. The fraction of sp³-hybridized carbons (Fsp3) is 0.533. The molecule has 1 aromatic heterocycles. The summed E-state index contributed by atoms with van der Waals surface area (Å²) in [6.07, 6.45) is 0.689. The molecule has 116 valence electrons. The number of ketones is 1. The molecule has 22 heavy (non-hydrogen) atoms. The second kappa shape index (κ2) is 5.16. The molecule has 0 aromatic carbocycles. The topological polar surface area (TPSA) is 69.7 Å². The fourth-order valence-corrected chi connectivity index (χ4v) is 5.73. The van der Waals surface area contributed by atoms with Gasteiger partial charge in [-0.25, -0.2) is 0 Å². The van der Waals surface area contributed by atoms with Crippen molar-refractivity contribution in [3.8, 4) is 0 Å². The van der Waals surface area contributed by atoms with E-state index in [1.165, 1.54) is 11.3 Å². The van der Waals surface area contributed by atoms with E-state index in [2.05, 4.69) is 15.9 Å². The third kappa shape index (κ3) is 1.98. The molecule has 1 aliphatic heterocycles. The third-order valence-electron chi connectivity index (χ3n) is 4.94. The Labute approximate surface area is 139 Å². The van der Waals surface area contributed by atoms with Crippen LogP contribution in [0.3, 0.4) is 0 Å². The number of halogens is 1. The van der Waals surface area contributed by atoms with Crippen molar-refractivity contribution in [1.82, 2.24) is 0 Å². The normalized spacial score (nSPS) is 38.1. The van der Waals surface area contributed by atoms with Crippen molar-refractivity contribution in [2.24, 2.45) is 23.7 Å². The molecule has 3 aliphatic rings. The first-order valence-corrected chi connectivity index (χ1v) is 8.95. The highest BCUT2D eigenvalue weighted by molar-refractivity contribution is 9.09. The van der Waals surface area contributed by atoms with Crippen molar-refractivity contribution in [2.45, 2.75) is 17.4 Å². The van der Waals surface area contributed by atoms with Gasteiger partial charge in [0.25, 0.3) is 0 Å². The van der Waals surface area contributed by atoms with Gasteiger partial charge in [-0.05, 0) is 23.8 Å². The third-order valence-corrected chi connectivity index (χ3v) is 7.05.